The topological polar surface area (TPSA) is 43.1 Å². The molecule has 0 atom stereocenters. The maximum atomic E-state index is 12.6. The van der Waals surface area contributed by atoms with Crippen LogP contribution in [0.25, 0.3) is 0 Å². The molecule has 0 aliphatic heterocycles. The molecule has 0 saturated carbocycles. The molecule has 0 bridgehead atoms. The third-order valence-corrected chi connectivity index (χ3v) is 2.26. The number of rotatable bonds is 3. The Labute approximate surface area is 95.7 Å². The fourth-order valence-corrected chi connectivity index (χ4v) is 1.29. The number of hydrogen-bond acceptors (Lipinski definition) is 2. The lowest BCUT2D eigenvalue weighted by Crippen LogP contribution is -2.10. The summed E-state index contributed by atoms with van der Waals surface area (Å²) < 4.78 is 37.8. The second-order valence-corrected chi connectivity index (χ2v) is 3.37. The van der Waals surface area contributed by atoms with E-state index in [0.717, 1.165) is 12.1 Å². The molecule has 0 aliphatic carbocycles. The van der Waals surface area contributed by atoms with Crippen LogP contribution in [0.5, 0.6) is 0 Å². The van der Waals surface area contributed by atoms with Crippen molar-refractivity contribution in [3.63, 3.8) is 0 Å². The Bertz CT molecular complexity index is 455. The van der Waals surface area contributed by atoms with Crippen LogP contribution in [0.4, 0.5) is 18.9 Å². The summed E-state index contributed by atoms with van der Waals surface area (Å²) in [6.45, 7) is 5.01. The zero-order chi connectivity index (χ0) is 13.2. The summed E-state index contributed by atoms with van der Waals surface area (Å²) in [5.74, 6) is 0.519. The monoisotopic (exact) mass is 244 g/mol. The molecule has 0 N–H and O–H groups in total. The molecule has 3 nitrogen and oxygen atoms in total. The van der Waals surface area contributed by atoms with Gasteiger partial charge in [-0.05, 0) is 11.6 Å². The van der Waals surface area contributed by atoms with E-state index in [1.807, 2.05) is 0 Å². The molecule has 0 fully saturated rings. The van der Waals surface area contributed by atoms with Crippen molar-refractivity contribution in [2.45, 2.75) is 13.1 Å². The van der Waals surface area contributed by atoms with E-state index < -0.39 is 22.4 Å². The number of nitro benzene ring substituents is 1. The highest BCUT2D eigenvalue weighted by molar-refractivity contribution is 5.49. The molecule has 0 heterocycles. The number of hydrogen-bond donors (Lipinski definition) is 0. The van der Waals surface area contributed by atoms with Crippen molar-refractivity contribution in [2.75, 3.05) is 0 Å². The van der Waals surface area contributed by atoms with Crippen molar-refractivity contribution in [2.24, 2.45) is 0 Å². The fraction of sp³-hybridized carbons (Fsp3) is 0.182. The number of halogens is 3. The van der Waals surface area contributed by atoms with Crippen molar-refractivity contribution in [1.82, 2.24) is 0 Å². The predicted molar refractivity (Wildman–Crippen MR) is 56.3 cm³/mol. The molecule has 0 aliphatic rings. The Kier molecular flexibility index (Phi) is 3.55. The molecule has 0 amide bonds. The van der Waals surface area contributed by atoms with Crippen LogP contribution in [-0.2, 0) is 6.18 Å². The molecule has 0 saturated heterocycles. The lowest BCUT2D eigenvalue weighted by atomic mass is 9.98. The molecule has 0 unspecified atom stereocenters. The van der Waals surface area contributed by atoms with E-state index in [4.69, 9.17) is 0 Å². The molecule has 17 heavy (non-hydrogen) atoms. The van der Waals surface area contributed by atoms with Crippen LogP contribution < -0.4 is 0 Å². The van der Waals surface area contributed by atoms with Crippen LogP contribution >= 0.6 is 0 Å². The molecule has 1 aromatic rings. The quantitative estimate of drug-likeness (QED) is 0.600. The highest BCUT2D eigenvalue weighted by Crippen LogP contribution is 2.37. The van der Waals surface area contributed by atoms with Crippen molar-refractivity contribution < 1.29 is 18.1 Å². The van der Waals surface area contributed by atoms with Gasteiger partial charge in [0.25, 0.3) is 5.69 Å². The van der Waals surface area contributed by atoms with E-state index >= 15 is 0 Å². The van der Waals surface area contributed by atoms with Gasteiger partial charge in [-0.25, -0.2) is 0 Å². The molecular weight excluding hydrogens is 235 g/mol. The predicted octanol–water partition coefficient (Wildman–Crippen LogP) is 3.74. The first kappa shape index (κ1) is 13.2. The van der Waals surface area contributed by atoms with Gasteiger partial charge in [0.15, 0.2) is 0 Å². The van der Waals surface area contributed by atoms with Gasteiger partial charge in [-0.15, -0.1) is 6.58 Å². The van der Waals surface area contributed by atoms with E-state index in [1.165, 1.54) is 12.1 Å². The summed E-state index contributed by atoms with van der Waals surface area (Å²) in [5, 5.41) is 10.5. The van der Waals surface area contributed by atoms with E-state index in [-0.39, 0.29) is 5.56 Å². The summed E-state index contributed by atoms with van der Waals surface area (Å²) >= 11 is 0. The SMILES string of the molecule is C=C[C](C)c1ccc([N+](=O)[O-])c(C(F)(F)F)c1. The zero-order valence-electron chi connectivity index (χ0n) is 8.91. The lowest BCUT2D eigenvalue weighted by Gasteiger charge is -2.11. The van der Waals surface area contributed by atoms with Gasteiger partial charge in [0.05, 0.1) is 4.92 Å². The van der Waals surface area contributed by atoms with Crippen molar-refractivity contribution in [3.8, 4) is 0 Å². The minimum atomic E-state index is -4.75. The third-order valence-electron chi connectivity index (χ3n) is 2.26. The summed E-state index contributed by atoms with van der Waals surface area (Å²) in [6.07, 6.45) is -3.36. The minimum Gasteiger partial charge on any atom is -0.258 e. The van der Waals surface area contributed by atoms with Gasteiger partial charge in [0.1, 0.15) is 5.56 Å². The highest BCUT2D eigenvalue weighted by Gasteiger charge is 2.38. The molecule has 6 heteroatoms. The highest BCUT2D eigenvalue weighted by atomic mass is 19.4. The van der Waals surface area contributed by atoms with Crippen molar-refractivity contribution in [1.29, 1.82) is 0 Å². The van der Waals surface area contributed by atoms with Crippen molar-refractivity contribution in [3.05, 3.63) is 58.0 Å². The molecule has 0 aromatic heterocycles. The number of nitrogens with zero attached hydrogens (tertiary/aromatic N) is 1. The van der Waals surface area contributed by atoms with Crippen LogP contribution in [0.15, 0.2) is 30.9 Å². The second kappa shape index (κ2) is 4.57. The number of benzene rings is 1. The second-order valence-electron chi connectivity index (χ2n) is 3.37. The Hall–Kier alpha value is -1.85. The van der Waals surface area contributed by atoms with Gasteiger partial charge in [-0.1, -0.05) is 19.1 Å². The van der Waals surface area contributed by atoms with E-state index in [9.17, 15) is 23.3 Å². The van der Waals surface area contributed by atoms with Crippen LogP contribution in [0.2, 0.25) is 0 Å². The van der Waals surface area contributed by atoms with Gasteiger partial charge in [-0.2, -0.15) is 13.2 Å². The summed E-state index contributed by atoms with van der Waals surface area (Å²) in [4.78, 5) is 9.45. The van der Waals surface area contributed by atoms with Gasteiger partial charge in [-0.3, -0.25) is 10.1 Å². The normalized spacial score (nSPS) is 11.6. The Morgan fingerprint density at radius 1 is 1.47 bits per heavy atom. The number of nitro groups is 1. The van der Waals surface area contributed by atoms with E-state index in [0.29, 0.717) is 5.92 Å². The molecule has 0 spiro atoms. The first-order valence-corrected chi connectivity index (χ1v) is 4.59. The summed E-state index contributed by atoms with van der Waals surface area (Å²) in [5.41, 5.74) is -1.93. The Morgan fingerprint density at radius 2 is 2.06 bits per heavy atom. The summed E-state index contributed by atoms with van der Waals surface area (Å²) in [6, 6.07) is 2.88. The Morgan fingerprint density at radius 3 is 2.47 bits per heavy atom. The van der Waals surface area contributed by atoms with Crippen LogP contribution in [0, 0.1) is 16.0 Å². The van der Waals surface area contributed by atoms with Gasteiger partial charge in [0, 0.05) is 12.0 Å². The first-order chi connectivity index (χ1) is 7.77. The van der Waals surface area contributed by atoms with E-state index in [2.05, 4.69) is 6.58 Å². The van der Waals surface area contributed by atoms with Gasteiger partial charge < -0.3 is 0 Å². The molecule has 1 aromatic carbocycles. The minimum absolute atomic E-state index is 0.262. The van der Waals surface area contributed by atoms with E-state index in [1.54, 1.807) is 6.92 Å². The molecule has 1 rings (SSSR count). The number of alkyl halides is 3. The first-order valence-electron chi connectivity index (χ1n) is 4.59. The maximum Gasteiger partial charge on any atom is 0.423 e. The molecular formula is C11H9F3NO2. The average Bonchev–Trinajstić information content (AvgIpc) is 2.25. The van der Waals surface area contributed by atoms with Crippen molar-refractivity contribution >= 4 is 5.69 Å². The molecule has 91 valence electrons. The lowest BCUT2D eigenvalue weighted by molar-refractivity contribution is -0.388. The van der Waals surface area contributed by atoms with Crippen LogP contribution in [-0.4, -0.2) is 4.92 Å². The largest absolute Gasteiger partial charge is 0.423 e. The smallest absolute Gasteiger partial charge is 0.258 e. The fourth-order valence-electron chi connectivity index (χ4n) is 1.29. The molecule has 1 radical (unpaired) electrons. The summed E-state index contributed by atoms with van der Waals surface area (Å²) in [7, 11) is 0. The van der Waals surface area contributed by atoms with Gasteiger partial charge in [0.2, 0.25) is 0 Å². The van der Waals surface area contributed by atoms with Crippen LogP contribution in [0.3, 0.4) is 0 Å². The number of allylic oxidation sites excluding steroid dienone is 1. The Balaban J connectivity index is 3.39. The average molecular weight is 244 g/mol. The third kappa shape index (κ3) is 2.83. The zero-order valence-corrected chi connectivity index (χ0v) is 8.91. The van der Waals surface area contributed by atoms with Crippen LogP contribution in [0.1, 0.15) is 18.1 Å². The maximum absolute atomic E-state index is 12.6. The van der Waals surface area contributed by atoms with Gasteiger partial charge >= 0.3 is 6.18 Å². The standard InChI is InChI=1S/C11H9F3NO2/c1-3-7(2)8-4-5-10(15(16)17)9(6-8)11(12,13)14/h3-6H,1H2,2H3.